The summed E-state index contributed by atoms with van der Waals surface area (Å²) in [4.78, 5) is 27.6. The first-order valence-electron chi connectivity index (χ1n) is 8.47. The maximum atomic E-state index is 12.6. The van der Waals surface area contributed by atoms with E-state index < -0.39 is 9.84 Å². The Labute approximate surface area is 173 Å². The molecule has 1 fully saturated rings. The van der Waals surface area contributed by atoms with E-state index in [4.69, 9.17) is 23.2 Å². The van der Waals surface area contributed by atoms with Gasteiger partial charge in [-0.15, -0.1) is 0 Å². The molecular weight excluding hydrogens is 423 g/mol. The molecule has 1 aliphatic rings. The number of amides is 2. The van der Waals surface area contributed by atoms with Crippen molar-refractivity contribution in [2.75, 3.05) is 26.7 Å². The van der Waals surface area contributed by atoms with Crippen LogP contribution >= 0.6 is 23.2 Å². The van der Waals surface area contributed by atoms with Crippen LogP contribution in [-0.2, 0) is 20.4 Å². The second-order valence-electron chi connectivity index (χ2n) is 6.56. The molecule has 0 N–H and O–H groups in total. The van der Waals surface area contributed by atoms with Gasteiger partial charge in [0.15, 0.2) is 9.84 Å². The van der Waals surface area contributed by atoms with Gasteiger partial charge in [0.05, 0.1) is 10.6 Å². The maximum Gasteiger partial charge on any atom is 0.254 e. The number of nitrogens with zero attached hydrogens (tertiary/aromatic N) is 2. The van der Waals surface area contributed by atoms with E-state index in [0.717, 1.165) is 0 Å². The number of hydrogen-bond acceptors (Lipinski definition) is 4. The predicted molar refractivity (Wildman–Crippen MR) is 107 cm³/mol. The van der Waals surface area contributed by atoms with E-state index in [2.05, 4.69) is 0 Å². The second-order valence-corrected chi connectivity index (χ2v) is 9.40. The van der Waals surface area contributed by atoms with E-state index in [-0.39, 0.29) is 34.0 Å². The third-order valence-electron chi connectivity index (χ3n) is 4.55. The molecule has 2 aromatic carbocycles. The summed E-state index contributed by atoms with van der Waals surface area (Å²) >= 11 is 12.1. The van der Waals surface area contributed by atoms with Gasteiger partial charge in [0, 0.05) is 35.7 Å². The Bertz CT molecular complexity index is 1040. The lowest BCUT2D eigenvalue weighted by molar-refractivity contribution is -0.133. The summed E-state index contributed by atoms with van der Waals surface area (Å²) in [7, 11) is -1.95. The van der Waals surface area contributed by atoms with Crippen molar-refractivity contribution in [1.82, 2.24) is 9.80 Å². The zero-order valence-corrected chi connectivity index (χ0v) is 17.4. The van der Waals surface area contributed by atoms with Gasteiger partial charge < -0.3 is 9.80 Å². The first kappa shape index (κ1) is 20.6. The van der Waals surface area contributed by atoms with Gasteiger partial charge in [-0.1, -0.05) is 35.3 Å². The van der Waals surface area contributed by atoms with E-state index in [1.54, 1.807) is 24.1 Å². The van der Waals surface area contributed by atoms with Crippen molar-refractivity contribution in [3.05, 3.63) is 63.6 Å². The largest absolute Gasteiger partial charge is 0.342 e. The maximum absolute atomic E-state index is 12.6. The number of hydrogen-bond donors (Lipinski definition) is 0. The monoisotopic (exact) mass is 440 g/mol. The number of likely N-dealkylation sites (N-methyl/N-ethyl adjacent to an activating group) is 1. The molecule has 148 valence electrons. The lowest BCUT2D eigenvalue weighted by atomic mass is 10.1. The Morgan fingerprint density at radius 2 is 1.86 bits per heavy atom. The Balaban J connectivity index is 1.79. The molecule has 0 aromatic heterocycles. The molecule has 2 aromatic rings. The van der Waals surface area contributed by atoms with Crippen LogP contribution < -0.4 is 0 Å². The van der Waals surface area contributed by atoms with E-state index in [1.807, 2.05) is 0 Å². The number of sulfone groups is 1. The molecule has 1 saturated heterocycles. The van der Waals surface area contributed by atoms with E-state index in [1.165, 1.54) is 35.2 Å². The molecule has 0 saturated carbocycles. The number of benzene rings is 2. The van der Waals surface area contributed by atoms with E-state index in [0.29, 0.717) is 29.2 Å². The van der Waals surface area contributed by atoms with Gasteiger partial charge in [-0.2, -0.15) is 0 Å². The van der Waals surface area contributed by atoms with E-state index in [9.17, 15) is 18.0 Å². The summed E-state index contributed by atoms with van der Waals surface area (Å²) < 4.78 is 25.2. The zero-order chi connectivity index (χ0) is 20.5. The first-order valence-corrected chi connectivity index (χ1v) is 10.9. The van der Waals surface area contributed by atoms with Crippen LogP contribution in [0, 0.1) is 0 Å². The number of rotatable bonds is 4. The molecule has 3 rings (SSSR count). The fourth-order valence-electron chi connectivity index (χ4n) is 2.86. The molecule has 0 atom stereocenters. The Hall–Kier alpha value is -2.09. The topological polar surface area (TPSA) is 74.8 Å². The van der Waals surface area contributed by atoms with Crippen LogP contribution in [0.15, 0.2) is 47.4 Å². The van der Waals surface area contributed by atoms with Gasteiger partial charge in [-0.25, -0.2) is 8.42 Å². The smallest absolute Gasteiger partial charge is 0.254 e. The highest BCUT2D eigenvalue weighted by Crippen LogP contribution is 2.25. The summed E-state index contributed by atoms with van der Waals surface area (Å²) in [6.07, 6.45) is 0. The Kier molecular flexibility index (Phi) is 5.98. The minimum atomic E-state index is -3.64. The molecule has 6 nitrogen and oxygen atoms in total. The van der Waals surface area contributed by atoms with Crippen molar-refractivity contribution >= 4 is 44.9 Å². The van der Waals surface area contributed by atoms with Crippen LogP contribution in [-0.4, -0.2) is 56.7 Å². The molecule has 0 aliphatic carbocycles. The van der Waals surface area contributed by atoms with Crippen molar-refractivity contribution in [2.45, 2.75) is 10.6 Å². The fourth-order valence-corrected chi connectivity index (χ4v) is 4.86. The molecule has 9 heteroatoms. The van der Waals surface area contributed by atoms with Gasteiger partial charge in [-0.3, -0.25) is 9.59 Å². The average Bonchev–Trinajstić information content (AvgIpc) is 2.65. The normalized spacial score (nSPS) is 15.0. The molecule has 1 aliphatic heterocycles. The van der Waals surface area contributed by atoms with Crippen molar-refractivity contribution in [1.29, 1.82) is 0 Å². The Morgan fingerprint density at radius 3 is 2.50 bits per heavy atom. The van der Waals surface area contributed by atoms with Crippen LogP contribution in [0.1, 0.15) is 15.9 Å². The quantitative estimate of drug-likeness (QED) is 0.732. The zero-order valence-electron chi connectivity index (χ0n) is 15.1. The lowest BCUT2D eigenvalue weighted by Gasteiger charge is -2.32. The average molecular weight is 441 g/mol. The molecule has 2 amide bonds. The second kappa shape index (κ2) is 8.11. The molecular formula is C19H18Cl2N2O4S. The molecule has 28 heavy (non-hydrogen) atoms. The lowest BCUT2D eigenvalue weighted by Crippen LogP contribution is -2.50. The van der Waals surface area contributed by atoms with E-state index >= 15 is 0 Å². The van der Waals surface area contributed by atoms with Gasteiger partial charge in [-0.05, 0) is 35.9 Å². The summed E-state index contributed by atoms with van der Waals surface area (Å²) in [5, 5.41) is 0.506. The third-order valence-corrected chi connectivity index (χ3v) is 6.80. The highest BCUT2D eigenvalue weighted by Gasteiger charge is 2.26. The summed E-state index contributed by atoms with van der Waals surface area (Å²) in [6, 6.07) is 10.5. The van der Waals surface area contributed by atoms with Crippen LogP contribution in [0.3, 0.4) is 0 Å². The molecule has 0 spiro atoms. The molecule has 0 unspecified atom stereocenters. The summed E-state index contributed by atoms with van der Waals surface area (Å²) in [6.45, 7) is 0.912. The molecule has 0 bridgehead atoms. The number of carbonyl (C=O) groups excluding carboxylic acids is 2. The van der Waals surface area contributed by atoms with Crippen LogP contribution in [0.25, 0.3) is 0 Å². The van der Waals surface area contributed by atoms with Crippen molar-refractivity contribution < 1.29 is 18.0 Å². The van der Waals surface area contributed by atoms with Crippen LogP contribution in [0.4, 0.5) is 0 Å². The number of carbonyl (C=O) groups is 2. The first-order chi connectivity index (χ1) is 13.2. The number of piperazine rings is 1. The summed E-state index contributed by atoms with van der Waals surface area (Å²) in [5.74, 6) is -0.754. The standard InChI is InChI=1S/C19H18Cl2N2O4S/c1-22-7-8-23(11-18(22)24)19(25)13-5-6-14(17(21)9-13)12-28(26,27)16-4-2-3-15(20)10-16/h2-6,9-10H,7-8,11-12H2,1H3. The van der Waals surface area contributed by atoms with Crippen molar-refractivity contribution in [3.8, 4) is 0 Å². The minimum absolute atomic E-state index is 0.0118. The molecule has 1 heterocycles. The Morgan fingerprint density at radius 1 is 1.11 bits per heavy atom. The minimum Gasteiger partial charge on any atom is -0.342 e. The van der Waals surface area contributed by atoms with Gasteiger partial charge in [0.2, 0.25) is 5.91 Å². The fraction of sp³-hybridized carbons (Fsp3) is 0.263. The van der Waals surface area contributed by atoms with Gasteiger partial charge >= 0.3 is 0 Å². The van der Waals surface area contributed by atoms with Crippen LogP contribution in [0.5, 0.6) is 0 Å². The predicted octanol–water partition coefficient (Wildman–Crippen LogP) is 2.88. The SMILES string of the molecule is CN1CCN(C(=O)c2ccc(CS(=O)(=O)c3cccc(Cl)c3)c(Cl)c2)CC1=O. The van der Waals surface area contributed by atoms with Gasteiger partial charge in [0.25, 0.3) is 5.91 Å². The van der Waals surface area contributed by atoms with Crippen LogP contribution in [0.2, 0.25) is 10.0 Å². The summed E-state index contributed by atoms with van der Waals surface area (Å²) in [5.41, 5.74) is 0.693. The van der Waals surface area contributed by atoms with Crippen molar-refractivity contribution in [2.24, 2.45) is 0 Å². The highest BCUT2D eigenvalue weighted by atomic mass is 35.5. The van der Waals surface area contributed by atoms with Crippen molar-refractivity contribution in [3.63, 3.8) is 0 Å². The third kappa shape index (κ3) is 4.48. The molecule has 0 radical (unpaired) electrons. The van der Waals surface area contributed by atoms with Gasteiger partial charge in [0.1, 0.15) is 6.54 Å². The number of halogens is 2. The highest BCUT2D eigenvalue weighted by molar-refractivity contribution is 7.90.